The molecule has 1 aliphatic rings. The first-order valence-electron chi connectivity index (χ1n) is 13.6. The van der Waals surface area contributed by atoms with Crippen molar-refractivity contribution in [3.05, 3.63) is 87.8 Å². The van der Waals surface area contributed by atoms with Crippen LogP contribution in [0.25, 0.3) is 42.7 Å². The maximum atomic E-state index is 6.22. The molecule has 2 aromatic carbocycles. The third-order valence-electron chi connectivity index (χ3n) is 7.76. The molecule has 1 aliphatic heterocycles. The van der Waals surface area contributed by atoms with E-state index < -0.39 is 0 Å². The summed E-state index contributed by atoms with van der Waals surface area (Å²) in [4.78, 5) is 19.9. The molecule has 1 saturated heterocycles. The van der Waals surface area contributed by atoms with Crippen LogP contribution in [0, 0.1) is 13.8 Å². The average Bonchev–Trinajstić information content (AvgIpc) is 3.65. The van der Waals surface area contributed by atoms with Crippen LogP contribution in [0.5, 0.6) is 0 Å². The fourth-order valence-electron chi connectivity index (χ4n) is 4.73. The van der Waals surface area contributed by atoms with Gasteiger partial charge in [0.05, 0.1) is 42.4 Å². The van der Waals surface area contributed by atoms with E-state index in [1.807, 2.05) is 56.8 Å². The number of thiazole rings is 2. The maximum Gasteiger partial charge on any atom is 0.495 e. The molecule has 0 N–H and O–H groups in total. The first kappa shape index (κ1) is 33.9. The van der Waals surface area contributed by atoms with Crippen molar-refractivity contribution in [1.82, 2.24) is 19.9 Å². The van der Waals surface area contributed by atoms with Crippen LogP contribution in [0.2, 0.25) is 0 Å². The molecule has 1 fully saturated rings. The minimum absolute atomic E-state index is 0. The fraction of sp³-hybridized carbons (Fsp3) is 0.294. The molecule has 0 saturated carbocycles. The lowest BCUT2D eigenvalue weighted by atomic mass is 9.76. The number of fused-ring (bicyclic) bond motifs is 2. The summed E-state index contributed by atoms with van der Waals surface area (Å²) in [7, 11) is -0.382. The van der Waals surface area contributed by atoms with Crippen LogP contribution in [0.1, 0.15) is 52.6 Å². The van der Waals surface area contributed by atoms with E-state index in [4.69, 9.17) is 9.31 Å². The van der Waals surface area contributed by atoms with Crippen molar-refractivity contribution in [2.75, 3.05) is 0 Å². The third-order valence-corrected chi connectivity index (χ3v) is 10.3. The van der Waals surface area contributed by atoms with E-state index in [0.717, 1.165) is 57.3 Å². The molecule has 228 valence electrons. The molecular formula is C34H38BBrN4O2S2. The molecule has 5 heterocycles. The minimum Gasteiger partial charge on any atom is -0.399 e. The van der Waals surface area contributed by atoms with Gasteiger partial charge >= 0.3 is 7.12 Å². The number of halogens is 1. The van der Waals surface area contributed by atoms with E-state index in [9.17, 15) is 0 Å². The zero-order chi connectivity index (χ0) is 29.6. The summed E-state index contributed by atoms with van der Waals surface area (Å²) in [6.07, 6.45) is 7.59. The predicted molar refractivity (Wildman–Crippen MR) is 192 cm³/mol. The molecule has 6 aromatic rings. The Kier molecular flexibility index (Phi) is 10.1. The summed E-state index contributed by atoms with van der Waals surface area (Å²) in [6, 6.07) is 16.6. The second-order valence-electron chi connectivity index (χ2n) is 11.2. The van der Waals surface area contributed by atoms with E-state index in [1.54, 1.807) is 22.7 Å². The van der Waals surface area contributed by atoms with Gasteiger partial charge in [-0.25, -0.2) is 9.97 Å². The highest BCUT2D eigenvalue weighted by Crippen LogP contribution is 2.37. The lowest BCUT2D eigenvalue weighted by Crippen LogP contribution is -2.41. The number of aromatic nitrogens is 4. The SMILES string of the molecule is C.C.Cc1ncc(-c2cc3cccc(B4OC(C)(C)C(C)(C)O4)c3cn2)s1.Cc1ncc(-c2cc3cccc(Br)c3cn2)s1. The topological polar surface area (TPSA) is 70.0 Å². The van der Waals surface area contributed by atoms with Gasteiger partial charge in [0.2, 0.25) is 0 Å². The Balaban J connectivity index is 0.000000205. The summed E-state index contributed by atoms with van der Waals surface area (Å²) in [5.74, 6) is 0. The van der Waals surface area contributed by atoms with Crippen LogP contribution < -0.4 is 5.46 Å². The van der Waals surface area contributed by atoms with Crippen molar-refractivity contribution in [3.8, 4) is 21.1 Å². The molecule has 44 heavy (non-hydrogen) atoms. The molecule has 6 nitrogen and oxygen atoms in total. The number of hydrogen-bond donors (Lipinski definition) is 0. The van der Waals surface area contributed by atoms with Gasteiger partial charge in [-0.15, -0.1) is 22.7 Å². The first-order chi connectivity index (χ1) is 20.0. The van der Waals surface area contributed by atoms with Crippen LogP contribution in [0.15, 0.2) is 77.8 Å². The first-order valence-corrected chi connectivity index (χ1v) is 16.1. The van der Waals surface area contributed by atoms with E-state index >= 15 is 0 Å². The molecule has 0 amide bonds. The molecule has 0 radical (unpaired) electrons. The highest BCUT2D eigenvalue weighted by Gasteiger charge is 2.52. The largest absolute Gasteiger partial charge is 0.495 e. The molecule has 7 rings (SSSR count). The number of nitrogens with zero attached hydrogens (tertiary/aromatic N) is 4. The van der Waals surface area contributed by atoms with Gasteiger partial charge in [0, 0.05) is 34.6 Å². The third kappa shape index (κ3) is 6.65. The van der Waals surface area contributed by atoms with Gasteiger partial charge < -0.3 is 9.31 Å². The molecule has 10 heteroatoms. The highest BCUT2D eigenvalue weighted by molar-refractivity contribution is 9.10. The van der Waals surface area contributed by atoms with Crippen LogP contribution >= 0.6 is 38.6 Å². The quantitative estimate of drug-likeness (QED) is 0.173. The van der Waals surface area contributed by atoms with Crippen molar-refractivity contribution in [1.29, 1.82) is 0 Å². The predicted octanol–water partition coefficient (Wildman–Crippen LogP) is 9.67. The maximum absolute atomic E-state index is 6.22. The van der Waals surface area contributed by atoms with E-state index in [1.165, 1.54) is 5.39 Å². The van der Waals surface area contributed by atoms with E-state index in [2.05, 4.69) is 93.9 Å². The van der Waals surface area contributed by atoms with Crippen molar-refractivity contribution >= 4 is 72.7 Å². The average molecular weight is 690 g/mol. The van der Waals surface area contributed by atoms with Gasteiger partial charge in [-0.3, -0.25) is 9.97 Å². The Morgan fingerprint density at radius 3 is 1.64 bits per heavy atom. The second kappa shape index (κ2) is 13.1. The van der Waals surface area contributed by atoms with Crippen molar-refractivity contribution in [2.45, 2.75) is 67.6 Å². The Hall–Kier alpha value is -3.02. The van der Waals surface area contributed by atoms with E-state index in [-0.39, 0.29) is 33.2 Å². The summed E-state index contributed by atoms with van der Waals surface area (Å²) in [6.45, 7) is 12.3. The van der Waals surface area contributed by atoms with Gasteiger partial charge in [-0.2, -0.15) is 0 Å². The molecule has 0 atom stereocenters. The molecular weight excluding hydrogens is 651 g/mol. The Morgan fingerprint density at radius 2 is 1.14 bits per heavy atom. The Bertz CT molecular complexity index is 1900. The van der Waals surface area contributed by atoms with Gasteiger partial charge in [0.25, 0.3) is 0 Å². The number of aryl methyl sites for hydroxylation is 2. The number of hydrogen-bond acceptors (Lipinski definition) is 8. The molecule has 0 spiro atoms. The number of pyridine rings is 2. The Morgan fingerprint density at radius 1 is 0.659 bits per heavy atom. The molecule has 0 aliphatic carbocycles. The number of rotatable bonds is 3. The summed E-state index contributed by atoms with van der Waals surface area (Å²) >= 11 is 6.86. The lowest BCUT2D eigenvalue weighted by molar-refractivity contribution is 0.00578. The number of benzene rings is 2. The van der Waals surface area contributed by atoms with Crippen LogP contribution in [-0.4, -0.2) is 38.3 Å². The Labute approximate surface area is 277 Å². The van der Waals surface area contributed by atoms with E-state index in [0.29, 0.717) is 0 Å². The monoisotopic (exact) mass is 688 g/mol. The van der Waals surface area contributed by atoms with Crippen LogP contribution in [0.4, 0.5) is 0 Å². The zero-order valence-electron chi connectivity index (χ0n) is 24.3. The summed E-state index contributed by atoms with van der Waals surface area (Å²) in [5.41, 5.74) is 2.25. The van der Waals surface area contributed by atoms with Crippen molar-refractivity contribution in [3.63, 3.8) is 0 Å². The van der Waals surface area contributed by atoms with Gasteiger partial charge in [0.15, 0.2) is 0 Å². The van der Waals surface area contributed by atoms with Gasteiger partial charge in [0.1, 0.15) is 0 Å². The lowest BCUT2D eigenvalue weighted by Gasteiger charge is -2.32. The normalized spacial score (nSPS) is 14.9. The minimum atomic E-state index is -0.382. The molecule has 0 bridgehead atoms. The molecule has 4 aromatic heterocycles. The smallest absolute Gasteiger partial charge is 0.399 e. The zero-order valence-corrected chi connectivity index (χ0v) is 27.5. The van der Waals surface area contributed by atoms with Gasteiger partial charge in [-0.1, -0.05) is 61.1 Å². The standard InChI is InChI=1S/C19H21BN2O2S.C13H9BrN2S.2CH4/c1-12-21-11-17(25-12)16-9-13-7-6-8-15(14(13)10-22-16)20-23-18(2,3)19(4,5)24-20;1-8-15-7-13(17-8)12-5-9-3-2-4-11(14)10(9)6-16-12;;/h6-11H,1-5H3;2-7H,1H3;2*1H4. The van der Waals surface area contributed by atoms with Crippen LogP contribution in [0.3, 0.4) is 0 Å². The molecule has 0 unspecified atom stereocenters. The highest BCUT2D eigenvalue weighted by atomic mass is 79.9. The summed E-state index contributed by atoms with van der Waals surface area (Å²) < 4.78 is 13.5. The fourth-order valence-corrected chi connectivity index (χ4v) is 6.71. The van der Waals surface area contributed by atoms with Crippen LogP contribution in [-0.2, 0) is 9.31 Å². The second-order valence-corrected chi connectivity index (χ2v) is 14.6. The summed E-state index contributed by atoms with van der Waals surface area (Å²) in [5, 5.41) is 6.63. The van der Waals surface area contributed by atoms with Crippen molar-refractivity contribution in [2.24, 2.45) is 0 Å². The van der Waals surface area contributed by atoms with Crippen molar-refractivity contribution < 1.29 is 9.31 Å². The van der Waals surface area contributed by atoms with Gasteiger partial charge in [-0.05, 0) is 81.4 Å².